The highest BCUT2D eigenvalue weighted by atomic mass is 16.3. The Hall–Kier alpha value is -3.98. The molecule has 2 aliphatic rings. The SMILES string of the molecule is c1ccc([C@H]2CCC(c3cccc4c3oc3c(C5=N[C@@H](c6ccccc6)CC5)cccc34)=N2)cc1. The summed E-state index contributed by atoms with van der Waals surface area (Å²) in [5, 5.41) is 2.31. The second-order valence-electron chi connectivity index (χ2n) is 9.55. The fourth-order valence-corrected chi connectivity index (χ4v) is 5.70. The zero-order chi connectivity index (χ0) is 23.2. The first-order valence-corrected chi connectivity index (χ1v) is 12.5. The third kappa shape index (κ3) is 3.50. The van der Waals surface area contributed by atoms with Gasteiger partial charge in [-0.25, -0.2) is 0 Å². The first-order chi connectivity index (χ1) is 17.3. The van der Waals surface area contributed by atoms with Gasteiger partial charge < -0.3 is 4.42 Å². The van der Waals surface area contributed by atoms with Crippen molar-refractivity contribution in [1.82, 2.24) is 0 Å². The van der Waals surface area contributed by atoms with E-state index in [1.165, 1.54) is 11.1 Å². The molecular formula is C32H26N2O. The summed E-state index contributed by atoms with van der Waals surface area (Å²) in [6, 6.07) is 34.6. The molecule has 1 aromatic heterocycles. The Balaban J connectivity index is 1.31. The third-order valence-electron chi connectivity index (χ3n) is 7.45. The van der Waals surface area contributed by atoms with Gasteiger partial charge in [0.2, 0.25) is 0 Å². The predicted molar refractivity (Wildman–Crippen MR) is 144 cm³/mol. The molecule has 35 heavy (non-hydrogen) atoms. The number of hydrogen-bond acceptors (Lipinski definition) is 3. The van der Waals surface area contributed by atoms with Crippen LogP contribution in [0, 0.1) is 0 Å². The van der Waals surface area contributed by atoms with Crippen LogP contribution in [0.1, 0.15) is 60.0 Å². The summed E-state index contributed by atoms with van der Waals surface area (Å²) >= 11 is 0. The van der Waals surface area contributed by atoms with Crippen LogP contribution in [-0.4, -0.2) is 11.4 Å². The van der Waals surface area contributed by atoms with Gasteiger partial charge in [-0.15, -0.1) is 0 Å². The van der Waals surface area contributed by atoms with Crippen LogP contribution in [0.4, 0.5) is 0 Å². The predicted octanol–water partition coefficient (Wildman–Crippen LogP) is 8.23. The number of furan rings is 1. The smallest absolute Gasteiger partial charge is 0.144 e. The molecule has 0 radical (unpaired) electrons. The number of rotatable bonds is 4. The molecule has 0 bridgehead atoms. The van der Waals surface area contributed by atoms with E-state index in [0.717, 1.165) is 70.2 Å². The number of fused-ring (bicyclic) bond motifs is 3. The molecule has 0 N–H and O–H groups in total. The van der Waals surface area contributed by atoms with Gasteiger partial charge in [-0.05, 0) is 48.9 Å². The number of nitrogens with zero attached hydrogens (tertiary/aromatic N) is 2. The molecule has 0 spiro atoms. The van der Waals surface area contributed by atoms with Gasteiger partial charge in [-0.2, -0.15) is 0 Å². The monoisotopic (exact) mass is 454 g/mol. The van der Waals surface area contributed by atoms with Crippen molar-refractivity contribution in [2.75, 3.05) is 0 Å². The van der Waals surface area contributed by atoms with Crippen LogP contribution in [0.3, 0.4) is 0 Å². The Morgan fingerprint density at radius 2 is 0.971 bits per heavy atom. The topological polar surface area (TPSA) is 37.9 Å². The highest BCUT2D eigenvalue weighted by Crippen LogP contribution is 2.39. The maximum atomic E-state index is 6.66. The first kappa shape index (κ1) is 20.4. The van der Waals surface area contributed by atoms with E-state index < -0.39 is 0 Å². The van der Waals surface area contributed by atoms with Gasteiger partial charge in [0.05, 0.1) is 12.1 Å². The molecular weight excluding hydrogens is 428 g/mol. The lowest BCUT2D eigenvalue weighted by molar-refractivity contribution is 0.667. The highest BCUT2D eigenvalue weighted by Gasteiger charge is 2.25. The van der Waals surface area contributed by atoms with E-state index in [0.29, 0.717) is 0 Å². The summed E-state index contributed by atoms with van der Waals surface area (Å²) in [6.45, 7) is 0. The molecule has 4 aromatic carbocycles. The van der Waals surface area contributed by atoms with E-state index in [1.807, 2.05) is 0 Å². The van der Waals surface area contributed by atoms with Crippen molar-refractivity contribution in [3.63, 3.8) is 0 Å². The largest absolute Gasteiger partial charge is 0.455 e. The van der Waals surface area contributed by atoms with E-state index in [1.54, 1.807) is 0 Å². The average Bonchev–Trinajstić information content (AvgIpc) is 3.68. The maximum Gasteiger partial charge on any atom is 0.144 e. The van der Waals surface area contributed by atoms with E-state index in [9.17, 15) is 0 Å². The molecule has 0 aliphatic carbocycles. The van der Waals surface area contributed by atoms with Gasteiger partial charge in [-0.1, -0.05) is 84.9 Å². The van der Waals surface area contributed by atoms with Gasteiger partial charge >= 0.3 is 0 Å². The number of hydrogen-bond donors (Lipinski definition) is 0. The van der Waals surface area contributed by atoms with Crippen molar-refractivity contribution in [2.45, 2.75) is 37.8 Å². The maximum absolute atomic E-state index is 6.66. The van der Waals surface area contributed by atoms with Crippen LogP contribution < -0.4 is 0 Å². The normalized spacial score (nSPS) is 19.9. The lowest BCUT2D eigenvalue weighted by Crippen LogP contribution is -1.96. The van der Waals surface area contributed by atoms with Crippen molar-refractivity contribution < 1.29 is 4.42 Å². The van der Waals surface area contributed by atoms with E-state index >= 15 is 0 Å². The van der Waals surface area contributed by atoms with Crippen LogP contribution in [0.15, 0.2) is 111 Å². The molecule has 2 aliphatic heterocycles. The van der Waals surface area contributed by atoms with Crippen LogP contribution in [0.2, 0.25) is 0 Å². The Kier molecular flexibility index (Phi) is 4.87. The zero-order valence-electron chi connectivity index (χ0n) is 19.5. The average molecular weight is 455 g/mol. The fourth-order valence-electron chi connectivity index (χ4n) is 5.70. The number of aliphatic imine (C=N–C) groups is 2. The minimum absolute atomic E-state index is 0.226. The Morgan fingerprint density at radius 3 is 1.43 bits per heavy atom. The molecule has 0 amide bonds. The van der Waals surface area contributed by atoms with E-state index in [4.69, 9.17) is 14.4 Å². The van der Waals surface area contributed by atoms with Gasteiger partial charge in [0, 0.05) is 33.3 Å². The summed E-state index contributed by atoms with van der Waals surface area (Å²) in [6.07, 6.45) is 4.01. The quantitative estimate of drug-likeness (QED) is 0.269. The summed E-state index contributed by atoms with van der Waals surface area (Å²) in [5.74, 6) is 0. The van der Waals surface area contributed by atoms with E-state index in [-0.39, 0.29) is 12.1 Å². The summed E-state index contributed by atoms with van der Waals surface area (Å²) in [7, 11) is 0. The molecule has 3 heteroatoms. The molecule has 0 fully saturated rings. The Morgan fingerprint density at radius 1 is 0.514 bits per heavy atom. The Bertz CT molecular complexity index is 1480. The minimum Gasteiger partial charge on any atom is -0.455 e. The van der Waals surface area contributed by atoms with Crippen molar-refractivity contribution in [3.05, 3.63) is 119 Å². The van der Waals surface area contributed by atoms with Crippen LogP contribution in [0.25, 0.3) is 21.9 Å². The fraction of sp³-hybridized carbons (Fsp3) is 0.188. The summed E-state index contributed by atoms with van der Waals surface area (Å²) in [4.78, 5) is 10.3. The van der Waals surface area contributed by atoms with Crippen LogP contribution in [0.5, 0.6) is 0 Å². The van der Waals surface area contributed by atoms with E-state index in [2.05, 4.69) is 97.1 Å². The molecule has 7 rings (SSSR count). The number of para-hydroxylation sites is 2. The second-order valence-corrected chi connectivity index (χ2v) is 9.55. The molecule has 170 valence electrons. The van der Waals surface area contributed by atoms with Crippen LogP contribution >= 0.6 is 0 Å². The lowest BCUT2D eigenvalue weighted by atomic mass is 10.0. The Labute approximate surface area is 204 Å². The molecule has 0 saturated carbocycles. The summed E-state index contributed by atoms with van der Waals surface area (Å²) < 4.78 is 6.66. The molecule has 3 nitrogen and oxygen atoms in total. The first-order valence-electron chi connectivity index (χ1n) is 12.5. The van der Waals surface area contributed by atoms with Gasteiger partial charge in [0.1, 0.15) is 11.2 Å². The van der Waals surface area contributed by atoms with Gasteiger partial charge in [0.15, 0.2) is 0 Å². The summed E-state index contributed by atoms with van der Waals surface area (Å²) in [5.41, 5.74) is 9.00. The van der Waals surface area contributed by atoms with Crippen molar-refractivity contribution in [3.8, 4) is 0 Å². The van der Waals surface area contributed by atoms with Crippen molar-refractivity contribution in [2.24, 2.45) is 9.98 Å². The van der Waals surface area contributed by atoms with Crippen molar-refractivity contribution >= 4 is 33.4 Å². The third-order valence-corrected chi connectivity index (χ3v) is 7.45. The molecule has 5 aromatic rings. The van der Waals surface area contributed by atoms with Crippen molar-refractivity contribution in [1.29, 1.82) is 0 Å². The lowest BCUT2D eigenvalue weighted by Gasteiger charge is -2.05. The standard InChI is InChI=1S/C32H26N2O/c1-3-9-21(10-4-1)27-17-19-29(33-27)25-15-7-13-23-24-14-8-16-26(32(24)35-31(23)25)30-20-18-28(34-30)22-11-5-2-6-12-22/h1-16,27-28H,17-20H2/t27-,28-/m1/s1. The second kappa shape index (κ2) is 8.35. The molecule has 3 heterocycles. The highest BCUT2D eigenvalue weighted by molar-refractivity contribution is 6.19. The molecule has 0 unspecified atom stereocenters. The van der Waals surface area contributed by atoms with Gasteiger partial charge in [-0.3, -0.25) is 9.98 Å². The zero-order valence-corrected chi connectivity index (χ0v) is 19.5. The minimum atomic E-state index is 0.226. The van der Waals surface area contributed by atoms with Gasteiger partial charge in [0.25, 0.3) is 0 Å². The molecule has 2 atom stereocenters. The molecule has 0 saturated heterocycles. The van der Waals surface area contributed by atoms with Crippen LogP contribution in [-0.2, 0) is 0 Å². The number of benzene rings is 4.